The first-order valence-electron chi connectivity index (χ1n) is 7.05. The van der Waals surface area contributed by atoms with Crippen LogP contribution in [0.1, 0.15) is 22.7 Å². The maximum atomic E-state index is 5.67. The molecule has 2 aliphatic heterocycles. The van der Waals surface area contributed by atoms with E-state index in [0.717, 1.165) is 17.9 Å². The van der Waals surface area contributed by atoms with E-state index in [-0.39, 0.29) is 0 Å². The van der Waals surface area contributed by atoms with E-state index in [1.165, 1.54) is 22.4 Å². The first kappa shape index (κ1) is 11.6. The van der Waals surface area contributed by atoms with Crippen molar-refractivity contribution < 1.29 is 9.47 Å². The van der Waals surface area contributed by atoms with Crippen molar-refractivity contribution in [3.05, 3.63) is 53.1 Å². The molecule has 1 atom stereocenters. The number of fused-ring (bicyclic) bond motifs is 2. The standard InChI is InChI=1S/C17H17NO2/c1-11-2-4-14-13(8-11)9-15(18-14)12-3-5-16-17(10-12)20-7-6-19-16/h2-5,8,10,15,18H,6-7,9H2,1H3. The molecule has 0 bridgehead atoms. The third-order valence-corrected chi connectivity index (χ3v) is 3.98. The van der Waals surface area contributed by atoms with Gasteiger partial charge in [-0.2, -0.15) is 0 Å². The Kier molecular flexibility index (Phi) is 2.59. The van der Waals surface area contributed by atoms with Gasteiger partial charge in [0.2, 0.25) is 0 Å². The molecule has 1 N–H and O–H groups in total. The molecule has 0 amide bonds. The Bertz CT molecular complexity index is 666. The van der Waals surface area contributed by atoms with Gasteiger partial charge in [0.1, 0.15) is 13.2 Å². The number of hydrogen-bond donors (Lipinski definition) is 1. The van der Waals surface area contributed by atoms with Crippen molar-refractivity contribution in [2.45, 2.75) is 19.4 Å². The Morgan fingerprint density at radius 3 is 2.75 bits per heavy atom. The van der Waals surface area contributed by atoms with Crippen LogP contribution in [0.5, 0.6) is 11.5 Å². The van der Waals surface area contributed by atoms with E-state index in [0.29, 0.717) is 19.3 Å². The monoisotopic (exact) mass is 267 g/mol. The van der Waals surface area contributed by atoms with Crippen LogP contribution in [0.25, 0.3) is 0 Å². The molecule has 0 fully saturated rings. The molecule has 2 aliphatic rings. The fraction of sp³-hybridized carbons (Fsp3) is 0.294. The Morgan fingerprint density at radius 2 is 1.85 bits per heavy atom. The zero-order valence-electron chi connectivity index (χ0n) is 11.5. The lowest BCUT2D eigenvalue weighted by Gasteiger charge is -2.20. The lowest BCUT2D eigenvalue weighted by atomic mass is 10.0. The van der Waals surface area contributed by atoms with Crippen LogP contribution in [-0.4, -0.2) is 13.2 Å². The van der Waals surface area contributed by atoms with E-state index in [1.54, 1.807) is 0 Å². The van der Waals surface area contributed by atoms with Crippen molar-refractivity contribution in [1.82, 2.24) is 0 Å². The SMILES string of the molecule is Cc1ccc2c(c1)CC(c1ccc3c(c1)OCCO3)N2. The van der Waals surface area contributed by atoms with Crippen LogP contribution in [0.15, 0.2) is 36.4 Å². The molecular weight excluding hydrogens is 250 g/mol. The molecule has 2 heterocycles. The zero-order valence-corrected chi connectivity index (χ0v) is 11.5. The number of nitrogens with one attached hydrogen (secondary N) is 1. The summed E-state index contributed by atoms with van der Waals surface area (Å²) in [5, 5.41) is 3.59. The van der Waals surface area contributed by atoms with E-state index >= 15 is 0 Å². The number of aryl methyl sites for hydroxylation is 1. The summed E-state index contributed by atoms with van der Waals surface area (Å²) < 4.78 is 11.2. The minimum absolute atomic E-state index is 0.322. The summed E-state index contributed by atoms with van der Waals surface area (Å²) in [6.45, 7) is 3.41. The van der Waals surface area contributed by atoms with Crippen LogP contribution in [0.2, 0.25) is 0 Å². The lowest BCUT2D eigenvalue weighted by Crippen LogP contribution is -2.16. The van der Waals surface area contributed by atoms with Crippen LogP contribution in [0.4, 0.5) is 5.69 Å². The minimum atomic E-state index is 0.322. The molecule has 0 spiro atoms. The molecule has 102 valence electrons. The topological polar surface area (TPSA) is 30.5 Å². The van der Waals surface area contributed by atoms with E-state index in [2.05, 4.69) is 42.6 Å². The summed E-state index contributed by atoms with van der Waals surface area (Å²) in [7, 11) is 0. The molecule has 2 aromatic carbocycles. The molecule has 2 aromatic rings. The average Bonchev–Trinajstić information content (AvgIpc) is 2.89. The summed E-state index contributed by atoms with van der Waals surface area (Å²) in [6.07, 6.45) is 1.02. The Labute approximate surface area is 118 Å². The Morgan fingerprint density at radius 1 is 1.00 bits per heavy atom. The second kappa shape index (κ2) is 4.44. The quantitative estimate of drug-likeness (QED) is 0.858. The van der Waals surface area contributed by atoms with Crippen molar-refractivity contribution in [2.75, 3.05) is 18.5 Å². The van der Waals surface area contributed by atoms with Crippen LogP contribution >= 0.6 is 0 Å². The first-order chi connectivity index (χ1) is 9.79. The van der Waals surface area contributed by atoms with Crippen molar-refractivity contribution in [2.24, 2.45) is 0 Å². The maximum absolute atomic E-state index is 5.67. The minimum Gasteiger partial charge on any atom is -0.486 e. The highest BCUT2D eigenvalue weighted by atomic mass is 16.6. The molecule has 0 saturated heterocycles. The second-order valence-corrected chi connectivity index (χ2v) is 5.46. The number of anilines is 1. The van der Waals surface area contributed by atoms with E-state index < -0.39 is 0 Å². The number of hydrogen-bond acceptors (Lipinski definition) is 3. The fourth-order valence-electron chi connectivity index (χ4n) is 2.97. The summed E-state index contributed by atoms with van der Waals surface area (Å²) >= 11 is 0. The van der Waals surface area contributed by atoms with Crippen LogP contribution in [0, 0.1) is 6.92 Å². The third kappa shape index (κ3) is 1.90. The van der Waals surface area contributed by atoms with Gasteiger partial charge >= 0.3 is 0 Å². The van der Waals surface area contributed by atoms with E-state index in [9.17, 15) is 0 Å². The van der Waals surface area contributed by atoms with Crippen molar-refractivity contribution in [3.8, 4) is 11.5 Å². The van der Waals surface area contributed by atoms with Gasteiger partial charge < -0.3 is 14.8 Å². The Balaban J connectivity index is 1.64. The molecule has 3 heteroatoms. The maximum Gasteiger partial charge on any atom is 0.161 e. The number of benzene rings is 2. The van der Waals surface area contributed by atoms with Gasteiger partial charge in [0.25, 0.3) is 0 Å². The van der Waals surface area contributed by atoms with Crippen LogP contribution < -0.4 is 14.8 Å². The molecule has 3 nitrogen and oxygen atoms in total. The van der Waals surface area contributed by atoms with E-state index in [4.69, 9.17) is 9.47 Å². The summed E-state index contributed by atoms with van der Waals surface area (Å²) in [4.78, 5) is 0. The average molecular weight is 267 g/mol. The van der Waals surface area contributed by atoms with Gasteiger partial charge in [0.05, 0.1) is 6.04 Å². The molecule has 1 unspecified atom stereocenters. The van der Waals surface area contributed by atoms with Gasteiger partial charge in [-0.15, -0.1) is 0 Å². The first-order valence-corrected chi connectivity index (χ1v) is 7.05. The molecule has 0 radical (unpaired) electrons. The summed E-state index contributed by atoms with van der Waals surface area (Å²) in [5.74, 6) is 1.72. The zero-order chi connectivity index (χ0) is 13.5. The predicted molar refractivity (Wildman–Crippen MR) is 78.7 cm³/mol. The summed E-state index contributed by atoms with van der Waals surface area (Å²) in [6, 6.07) is 13.2. The highest BCUT2D eigenvalue weighted by Crippen LogP contribution is 2.38. The molecule has 0 aromatic heterocycles. The normalized spacial score (nSPS) is 19.4. The van der Waals surface area contributed by atoms with Gasteiger partial charge in [-0.25, -0.2) is 0 Å². The van der Waals surface area contributed by atoms with Gasteiger partial charge in [0.15, 0.2) is 11.5 Å². The van der Waals surface area contributed by atoms with Gasteiger partial charge in [-0.1, -0.05) is 23.8 Å². The van der Waals surface area contributed by atoms with Crippen molar-refractivity contribution >= 4 is 5.69 Å². The Hall–Kier alpha value is -2.16. The van der Waals surface area contributed by atoms with Crippen LogP contribution in [-0.2, 0) is 6.42 Å². The number of ether oxygens (including phenoxy) is 2. The summed E-state index contributed by atoms with van der Waals surface area (Å²) in [5.41, 5.74) is 5.21. The van der Waals surface area contributed by atoms with Crippen molar-refractivity contribution in [1.29, 1.82) is 0 Å². The lowest BCUT2D eigenvalue weighted by molar-refractivity contribution is 0.171. The fourth-order valence-corrected chi connectivity index (χ4v) is 2.97. The molecule has 0 saturated carbocycles. The highest BCUT2D eigenvalue weighted by Gasteiger charge is 2.23. The predicted octanol–water partition coefficient (Wildman–Crippen LogP) is 3.48. The largest absolute Gasteiger partial charge is 0.486 e. The number of rotatable bonds is 1. The molecule has 20 heavy (non-hydrogen) atoms. The van der Waals surface area contributed by atoms with Gasteiger partial charge in [-0.05, 0) is 42.7 Å². The highest BCUT2D eigenvalue weighted by molar-refractivity contribution is 5.60. The van der Waals surface area contributed by atoms with Gasteiger partial charge in [-0.3, -0.25) is 0 Å². The second-order valence-electron chi connectivity index (χ2n) is 5.46. The molecule has 0 aliphatic carbocycles. The van der Waals surface area contributed by atoms with Crippen molar-refractivity contribution in [3.63, 3.8) is 0 Å². The van der Waals surface area contributed by atoms with E-state index in [1.807, 2.05) is 6.07 Å². The molecular formula is C17H17NO2. The van der Waals surface area contributed by atoms with Gasteiger partial charge in [0, 0.05) is 5.69 Å². The molecule has 4 rings (SSSR count). The smallest absolute Gasteiger partial charge is 0.161 e. The third-order valence-electron chi connectivity index (χ3n) is 3.98. The van der Waals surface area contributed by atoms with Crippen LogP contribution in [0.3, 0.4) is 0 Å².